The molecule has 1 atom stereocenters. The molecule has 1 aromatic heterocycles. The second kappa shape index (κ2) is 10.6. The number of amidine groups is 1. The molecule has 1 unspecified atom stereocenters. The Morgan fingerprint density at radius 3 is 2.74 bits per heavy atom. The molecule has 1 aliphatic rings. The number of hydrogen-bond acceptors (Lipinski definition) is 8. The Bertz CT molecular complexity index is 1190. The Hall–Kier alpha value is -3.47. The summed E-state index contributed by atoms with van der Waals surface area (Å²) < 4.78 is 0. The smallest absolute Gasteiger partial charge is 0.257 e. The SMILES string of the molecule is CC(=N)N(N=N)c1ccc(CNCc2cccc(C(=O)Nc3nc4c(s3)CC(N)CC4)c2)cc1. The highest BCUT2D eigenvalue weighted by molar-refractivity contribution is 7.15. The number of aromatic nitrogens is 1. The molecule has 0 fully saturated rings. The van der Waals surface area contributed by atoms with E-state index in [-0.39, 0.29) is 17.8 Å². The van der Waals surface area contributed by atoms with Gasteiger partial charge in [0.15, 0.2) is 5.13 Å². The second-order valence-electron chi connectivity index (χ2n) is 8.31. The summed E-state index contributed by atoms with van der Waals surface area (Å²) >= 11 is 1.52. The maximum absolute atomic E-state index is 12.8. The minimum absolute atomic E-state index is 0.168. The van der Waals surface area contributed by atoms with E-state index in [4.69, 9.17) is 16.7 Å². The van der Waals surface area contributed by atoms with Crippen molar-refractivity contribution in [3.8, 4) is 0 Å². The summed E-state index contributed by atoms with van der Waals surface area (Å²) in [4.78, 5) is 18.5. The van der Waals surface area contributed by atoms with Gasteiger partial charge < -0.3 is 11.1 Å². The quantitative estimate of drug-likeness (QED) is 0.143. The molecule has 6 N–H and O–H groups in total. The van der Waals surface area contributed by atoms with Gasteiger partial charge in [0.25, 0.3) is 5.91 Å². The highest BCUT2D eigenvalue weighted by Gasteiger charge is 2.21. The minimum Gasteiger partial charge on any atom is -0.327 e. The van der Waals surface area contributed by atoms with Crippen LogP contribution in [0.15, 0.2) is 53.8 Å². The van der Waals surface area contributed by atoms with Crippen LogP contribution < -0.4 is 21.4 Å². The standard InChI is InChI=1S/C24H28N8OS/c1-15(25)32(31-27)20-8-5-16(6-9-20)13-28-14-17-3-2-4-18(11-17)23(33)30-24-29-21-10-7-19(26)12-22(21)34-24/h2-6,8-9,11,19,25,27-28H,7,10,12-14,26H2,1H3,(H,29,30,33). The molecular weight excluding hydrogens is 448 g/mol. The molecular formula is C24H28N8OS. The molecule has 9 nitrogen and oxygen atoms in total. The molecule has 1 aliphatic carbocycles. The van der Waals surface area contributed by atoms with Gasteiger partial charge in [-0.25, -0.2) is 9.99 Å². The minimum atomic E-state index is -0.168. The largest absolute Gasteiger partial charge is 0.327 e. The number of thiazole rings is 1. The predicted octanol–water partition coefficient (Wildman–Crippen LogP) is 4.25. The number of anilines is 2. The number of nitrogens with two attached hydrogens (primary N) is 1. The van der Waals surface area contributed by atoms with Crippen LogP contribution in [0.25, 0.3) is 0 Å². The first kappa shape index (κ1) is 23.7. The van der Waals surface area contributed by atoms with Crippen molar-refractivity contribution < 1.29 is 4.79 Å². The van der Waals surface area contributed by atoms with Crippen molar-refractivity contribution in [1.29, 1.82) is 10.9 Å². The van der Waals surface area contributed by atoms with E-state index in [1.165, 1.54) is 21.2 Å². The number of amides is 1. The normalized spacial score (nSPS) is 14.8. The van der Waals surface area contributed by atoms with E-state index in [9.17, 15) is 4.79 Å². The van der Waals surface area contributed by atoms with Crippen LogP contribution in [0.2, 0.25) is 0 Å². The molecule has 176 valence electrons. The van der Waals surface area contributed by atoms with E-state index in [2.05, 4.69) is 20.8 Å². The van der Waals surface area contributed by atoms with Crippen LogP contribution in [0.4, 0.5) is 10.8 Å². The molecule has 4 rings (SSSR count). The maximum Gasteiger partial charge on any atom is 0.257 e. The Morgan fingerprint density at radius 2 is 2.00 bits per heavy atom. The van der Waals surface area contributed by atoms with Crippen LogP contribution in [-0.4, -0.2) is 22.8 Å². The molecule has 10 heteroatoms. The van der Waals surface area contributed by atoms with E-state index in [1.54, 1.807) is 13.0 Å². The van der Waals surface area contributed by atoms with Crippen molar-refractivity contribution in [3.05, 3.63) is 75.8 Å². The lowest BCUT2D eigenvalue weighted by atomic mass is 9.99. The zero-order valence-corrected chi connectivity index (χ0v) is 19.8. The van der Waals surface area contributed by atoms with Gasteiger partial charge in [0.2, 0.25) is 0 Å². The maximum atomic E-state index is 12.8. The van der Waals surface area contributed by atoms with Gasteiger partial charge >= 0.3 is 0 Å². The molecule has 3 aromatic rings. The lowest BCUT2D eigenvalue weighted by molar-refractivity contribution is 0.102. The number of nitrogens with zero attached hydrogens (tertiary/aromatic N) is 3. The summed E-state index contributed by atoms with van der Waals surface area (Å²) in [6.45, 7) is 2.84. The zero-order chi connectivity index (χ0) is 24.1. The Morgan fingerprint density at radius 1 is 1.24 bits per heavy atom. The van der Waals surface area contributed by atoms with Gasteiger partial charge in [-0.3, -0.25) is 15.5 Å². The van der Waals surface area contributed by atoms with Crippen LogP contribution in [0, 0.1) is 10.9 Å². The predicted molar refractivity (Wildman–Crippen MR) is 135 cm³/mol. The third-order valence-corrected chi connectivity index (χ3v) is 6.68. The second-order valence-corrected chi connectivity index (χ2v) is 9.40. The fourth-order valence-electron chi connectivity index (χ4n) is 3.88. The highest BCUT2D eigenvalue weighted by atomic mass is 32.1. The average Bonchev–Trinajstić information content (AvgIpc) is 3.22. The van der Waals surface area contributed by atoms with E-state index in [0.717, 1.165) is 36.1 Å². The van der Waals surface area contributed by atoms with Gasteiger partial charge in [0, 0.05) is 29.6 Å². The molecule has 1 amide bonds. The number of hydrogen-bond donors (Lipinski definition) is 5. The molecule has 0 aliphatic heterocycles. The molecule has 1 heterocycles. The van der Waals surface area contributed by atoms with Crippen LogP contribution in [0.1, 0.15) is 45.4 Å². The number of benzene rings is 2. The number of fused-ring (bicyclic) bond motifs is 1. The number of nitrogens with one attached hydrogen (secondary N) is 4. The van der Waals surface area contributed by atoms with E-state index < -0.39 is 0 Å². The summed E-state index contributed by atoms with van der Waals surface area (Å²) in [6.07, 6.45) is 2.63. The third kappa shape index (κ3) is 5.71. The topological polar surface area (TPSA) is 143 Å². The first-order valence-electron chi connectivity index (χ1n) is 11.1. The lowest BCUT2D eigenvalue weighted by Gasteiger charge is -2.15. The molecule has 2 aromatic carbocycles. The Labute approximate surface area is 202 Å². The fraction of sp³-hybridized carbons (Fsp3) is 0.292. The fourth-order valence-corrected chi connectivity index (χ4v) is 4.97. The van der Waals surface area contributed by atoms with Crippen molar-refractivity contribution in [2.45, 2.75) is 45.3 Å². The van der Waals surface area contributed by atoms with Gasteiger partial charge in [-0.05, 0) is 61.6 Å². The summed E-state index contributed by atoms with van der Waals surface area (Å²) in [7, 11) is 0. The van der Waals surface area contributed by atoms with Crippen molar-refractivity contribution in [3.63, 3.8) is 0 Å². The van der Waals surface area contributed by atoms with E-state index in [1.807, 2.05) is 42.5 Å². The number of carbonyl (C=O) groups excluding carboxylic acids is 1. The Balaban J connectivity index is 1.32. The zero-order valence-electron chi connectivity index (χ0n) is 19.0. The van der Waals surface area contributed by atoms with Gasteiger partial charge in [0.1, 0.15) is 5.84 Å². The average molecular weight is 477 g/mol. The molecule has 0 radical (unpaired) electrons. The van der Waals surface area contributed by atoms with Gasteiger partial charge in [-0.2, -0.15) is 5.53 Å². The van der Waals surface area contributed by atoms with Crippen molar-refractivity contribution in [1.82, 2.24) is 10.3 Å². The number of rotatable bonds is 8. The monoisotopic (exact) mass is 476 g/mol. The van der Waals surface area contributed by atoms with Crippen molar-refractivity contribution in [2.24, 2.45) is 11.0 Å². The summed E-state index contributed by atoms with van der Waals surface area (Å²) in [5.41, 5.74) is 17.6. The molecule has 0 saturated heterocycles. The molecule has 0 bridgehead atoms. The Kier molecular flexibility index (Phi) is 7.41. The first-order chi connectivity index (χ1) is 16.4. The van der Waals surface area contributed by atoms with E-state index >= 15 is 0 Å². The van der Waals surface area contributed by atoms with Gasteiger partial charge in [-0.15, -0.1) is 11.3 Å². The van der Waals surface area contributed by atoms with Crippen LogP contribution in [0.5, 0.6) is 0 Å². The van der Waals surface area contributed by atoms with Gasteiger partial charge in [-0.1, -0.05) is 29.5 Å². The van der Waals surface area contributed by atoms with Crippen LogP contribution >= 0.6 is 11.3 Å². The van der Waals surface area contributed by atoms with Crippen molar-refractivity contribution >= 4 is 33.9 Å². The lowest BCUT2D eigenvalue weighted by Crippen LogP contribution is -2.27. The molecule has 0 saturated carbocycles. The highest BCUT2D eigenvalue weighted by Crippen LogP contribution is 2.29. The van der Waals surface area contributed by atoms with Crippen LogP contribution in [-0.2, 0) is 25.9 Å². The molecule has 34 heavy (non-hydrogen) atoms. The summed E-state index contributed by atoms with van der Waals surface area (Å²) in [5, 5.41) is 19.2. The van der Waals surface area contributed by atoms with Crippen molar-refractivity contribution in [2.75, 3.05) is 10.3 Å². The van der Waals surface area contributed by atoms with Crippen LogP contribution in [0.3, 0.4) is 0 Å². The summed E-state index contributed by atoms with van der Waals surface area (Å²) in [6, 6.07) is 15.3. The molecule has 0 spiro atoms. The van der Waals surface area contributed by atoms with E-state index in [0.29, 0.717) is 29.5 Å². The third-order valence-electron chi connectivity index (χ3n) is 5.64. The first-order valence-corrected chi connectivity index (χ1v) is 11.9. The van der Waals surface area contributed by atoms with Gasteiger partial charge in [0.05, 0.1) is 11.4 Å². The summed E-state index contributed by atoms with van der Waals surface area (Å²) in [5.74, 6) is 0.0159. The number of aryl methyl sites for hydroxylation is 1. The number of carbonyl (C=O) groups is 1.